The van der Waals surface area contributed by atoms with Crippen LogP contribution in [-0.2, 0) is 0 Å². The lowest BCUT2D eigenvalue weighted by Gasteiger charge is -2.20. The molecule has 6 heteroatoms. The summed E-state index contributed by atoms with van der Waals surface area (Å²) in [5.74, 6) is -2.86. The third kappa shape index (κ3) is 4.03. The van der Waals surface area contributed by atoms with Crippen molar-refractivity contribution >= 4 is 29.1 Å². The van der Waals surface area contributed by atoms with E-state index in [-0.39, 0.29) is 10.6 Å². The highest BCUT2D eigenvalue weighted by atomic mass is 35.5. The molecular formula is C20H13Cl2F2NO. The minimum absolute atomic E-state index is 0.138. The van der Waals surface area contributed by atoms with Gasteiger partial charge in [0.1, 0.15) is 0 Å². The zero-order valence-corrected chi connectivity index (χ0v) is 14.9. The predicted molar refractivity (Wildman–Crippen MR) is 98.6 cm³/mol. The molecule has 0 aliphatic heterocycles. The zero-order valence-electron chi connectivity index (χ0n) is 13.3. The quantitative estimate of drug-likeness (QED) is 0.560. The predicted octanol–water partition coefficient (Wildman–Crippen LogP) is 5.79. The highest BCUT2D eigenvalue weighted by molar-refractivity contribution is 6.33. The summed E-state index contributed by atoms with van der Waals surface area (Å²) >= 11 is 11.8. The van der Waals surface area contributed by atoms with E-state index in [2.05, 4.69) is 5.32 Å². The number of rotatable bonds is 4. The number of amides is 1. The first kappa shape index (κ1) is 18.4. The first-order valence-electron chi connectivity index (χ1n) is 7.71. The third-order valence-electron chi connectivity index (χ3n) is 3.87. The number of carbonyl (C=O) groups is 1. The van der Waals surface area contributed by atoms with Gasteiger partial charge in [-0.2, -0.15) is 0 Å². The van der Waals surface area contributed by atoms with Crippen molar-refractivity contribution in [3.8, 4) is 0 Å². The number of carbonyl (C=O) groups excluding carboxylic acids is 1. The summed E-state index contributed by atoms with van der Waals surface area (Å²) in [4.78, 5) is 12.6. The van der Waals surface area contributed by atoms with Gasteiger partial charge in [-0.3, -0.25) is 4.79 Å². The van der Waals surface area contributed by atoms with Crippen molar-refractivity contribution in [3.05, 3.63) is 105 Å². The lowest BCUT2D eigenvalue weighted by molar-refractivity contribution is 0.0942. The molecule has 1 N–H and O–H groups in total. The lowest BCUT2D eigenvalue weighted by atomic mass is 9.98. The van der Waals surface area contributed by atoms with Crippen molar-refractivity contribution in [3.63, 3.8) is 0 Å². The van der Waals surface area contributed by atoms with Crippen LogP contribution in [-0.4, -0.2) is 5.91 Å². The van der Waals surface area contributed by atoms with Gasteiger partial charge in [0.05, 0.1) is 16.6 Å². The van der Waals surface area contributed by atoms with E-state index in [0.717, 1.165) is 23.3 Å². The van der Waals surface area contributed by atoms with Gasteiger partial charge in [-0.1, -0.05) is 65.7 Å². The summed E-state index contributed by atoms with van der Waals surface area (Å²) in [6.45, 7) is 0. The van der Waals surface area contributed by atoms with E-state index in [1.54, 1.807) is 24.3 Å². The first-order valence-corrected chi connectivity index (χ1v) is 8.47. The molecule has 0 heterocycles. The standard InChI is InChI=1S/C20H13Cl2F2NO/c21-14-8-6-13(7-9-14)19(12-4-2-1-3-5-12)25-20(26)15-10-17(23)18(24)11-16(15)22/h1-11,19H,(H,25,26). The maximum atomic E-state index is 13.5. The molecule has 0 aromatic heterocycles. The molecular weight excluding hydrogens is 379 g/mol. The fourth-order valence-corrected chi connectivity index (χ4v) is 2.93. The second-order valence-corrected chi connectivity index (χ2v) is 6.46. The smallest absolute Gasteiger partial charge is 0.253 e. The Balaban J connectivity index is 1.97. The minimum atomic E-state index is -1.14. The van der Waals surface area contributed by atoms with E-state index in [9.17, 15) is 13.6 Å². The molecule has 26 heavy (non-hydrogen) atoms. The summed E-state index contributed by atoms with van der Waals surface area (Å²) in [7, 11) is 0. The molecule has 0 fully saturated rings. The maximum Gasteiger partial charge on any atom is 0.253 e. The topological polar surface area (TPSA) is 29.1 Å². The number of nitrogens with one attached hydrogen (secondary N) is 1. The normalized spacial score (nSPS) is 11.8. The Labute approximate surface area is 159 Å². The average molecular weight is 392 g/mol. The molecule has 3 aromatic carbocycles. The van der Waals surface area contributed by atoms with E-state index in [1.165, 1.54) is 0 Å². The van der Waals surface area contributed by atoms with Crippen molar-refractivity contribution in [2.24, 2.45) is 0 Å². The van der Waals surface area contributed by atoms with Gasteiger partial charge >= 0.3 is 0 Å². The second kappa shape index (κ2) is 7.85. The van der Waals surface area contributed by atoms with E-state index in [0.29, 0.717) is 5.02 Å². The Morgan fingerprint density at radius 2 is 1.42 bits per heavy atom. The van der Waals surface area contributed by atoms with E-state index < -0.39 is 23.6 Å². The van der Waals surface area contributed by atoms with Crippen LogP contribution in [0, 0.1) is 11.6 Å². The fraction of sp³-hybridized carbons (Fsp3) is 0.0500. The fourth-order valence-electron chi connectivity index (χ4n) is 2.57. The highest BCUT2D eigenvalue weighted by Gasteiger charge is 2.21. The van der Waals surface area contributed by atoms with Crippen molar-refractivity contribution in [1.29, 1.82) is 0 Å². The Hall–Kier alpha value is -2.43. The molecule has 132 valence electrons. The zero-order chi connectivity index (χ0) is 18.7. The molecule has 0 saturated carbocycles. The lowest BCUT2D eigenvalue weighted by Crippen LogP contribution is -2.29. The SMILES string of the molecule is O=C(NC(c1ccccc1)c1ccc(Cl)cc1)c1cc(F)c(F)cc1Cl. The first-order chi connectivity index (χ1) is 12.5. The molecule has 0 spiro atoms. The summed E-state index contributed by atoms with van der Waals surface area (Å²) in [6, 6.07) is 17.3. The van der Waals surface area contributed by atoms with Crippen LogP contribution in [0.5, 0.6) is 0 Å². The van der Waals surface area contributed by atoms with E-state index in [1.807, 2.05) is 30.3 Å². The Kier molecular flexibility index (Phi) is 5.55. The van der Waals surface area contributed by atoms with Gasteiger partial charge in [0.2, 0.25) is 0 Å². The number of benzene rings is 3. The maximum absolute atomic E-state index is 13.5. The van der Waals surface area contributed by atoms with Crippen LogP contribution in [0.4, 0.5) is 8.78 Å². The van der Waals surface area contributed by atoms with Crippen LogP contribution >= 0.6 is 23.2 Å². The number of halogens is 4. The van der Waals surface area contributed by atoms with Crippen LogP contribution < -0.4 is 5.32 Å². The summed E-state index contributed by atoms with van der Waals surface area (Å²) in [5, 5.41) is 3.22. The van der Waals surface area contributed by atoms with Crippen molar-refractivity contribution in [1.82, 2.24) is 5.32 Å². The van der Waals surface area contributed by atoms with Crippen LogP contribution in [0.1, 0.15) is 27.5 Å². The molecule has 0 aliphatic carbocycles. The van der Waals surface area contributed by atoms with Gasteiger partial charge in [-0.05, 0) is 35.4 Å². The van der Waals surface area contributed by atoms with Crippen molar-refractivity contribution in [2.75, 3.05) is 0 Å². The summed E-state index contributed by atoms with van der Waals surface area (Å²) in [5.41, 5.74) is 1.47. The molecule has 0 bridgehead atoms. The van der Waals surface area contributed by atoms with Gasteiger partial charge in [0.25, 0.3) is 5.91 Å². The van der Waals surface area contributed by atoms with Crippen LogP contribution in [0.25, 0.3) is 0 Å². The third-order valence-corrected chi connectivity index (χ3v) is 4.43. The largest absolute Gasteiger partial charge is 0.341 e. The molecule has 0 aliphatic rings. The van der Waals surface area contributed by atoms with Crippen molar-refractivity contribution in [2.45, 2.75) is 6.04 Å². The van der Waals surface area contributed by atoms with Gasteiger partial charge in [-0.15, -0.1) is 0 Å². The Morgan fingerprint density at radius 3 is 2.08 bits per heavy atom. The molecule has 1 atom stereocenters. The van der Waals surface area contributed by atoms with Gasteiger partial charge < -0.3 is 5.32 Å². The number of hydrogen-bond acceptors (Lipinski definition) is 1. The molecule has 2 nitrogen and oxygen atoms in total. The van der Waals surface area contributed by atoms with Crippen LogP contribution in [0.3, 0.4) is 0 Å². The van der Waals surface area contributed by atoms with Gasteiger partial charge in [0, 0.05) is 5.02 Å². The molecule has 3 rings (SSSR count). The van der Waals surface area contributed by atoms with E-state index >= 15 is 0 Å². The van der Waals surface area contributed by atoms with Crippen LogP contribution in [0.15, 0.2) is 66.7 Å². The Bertz CT molecular complexity index is 931. The molecule has 0 radical (unpaired) electrons. The monoisotopic (exact) mass is 391 g/mol. The molecule has 3 aromatic rings. The van der Waals surface area contributed by atoms with Crippen molar-refractivity contribution < 1.29 is 13.6 Å². The van der Waals surface area contributed by atoms with Gasteiger partial charge in [0.15, 0.2) is 11.6 Å². The summed E-state index contributed by atoms with van der Waals surface area (Å²) < 4.78 is 26.8. The second-order valence-electron chi connectivity index (χ2n) is 5.61. The minimum Gasteiger partial charge on any atom is -0.341 e. The molecule has 1 amide bonds. The van der Waals surface area contributed by atoms with Gasteiger partial charge in [-0.25, -0.2) is 8.78 Å². The highest BCUT2D eigenvalue weighted by Crippen LogP contribution is 2.26. The summed E-state index contributed by atoms with van der Waals surface area (Å²) in [6.07, 6.45) is 0. The van der Waals surface area contributed by atoms with E-state index in [4.69, 9.17) is 23.2 Å². The van der Waals surface area contributed by atoms with Crippen LogP contribution in [0.2, 0.25) is 10.0 Å². The molecule has 0 saturated heterocycles. The number of hydrogen-bond donors (Lipinski definition) is 1. The Morgan fingerprint density at radius 1 is 0.846 bits per heavy atom. The average Bonchev–Trinajstić information content (AvgIpc) is 2.64. The molecule has 1 unspecified atom stereocenters.